The molecule has 2 aromatic carbocycles. The first-order chi connectivity index (χ1) is 15.2. The third-order valence-electron chi connectivity index (χ3n) is 5.32. The number of carbonyl (C=O) groups excluding carboxylic acids is 1. The summed E-state index contributed by atoms with van der Waals surface area (Å²) < 4.78 is 13.5. The van der Waals surface area contributed by atoms with Crippen LogP contribution in [0.5, 0.6) is 0 Å². The fraction of sp³-hybridized carbons (Fsp3) is 0.240. The number of benzene rings is 2. The lowest BCUT2D eigenvalue weighted by Gasteiger charge is -2.13. The molecule has 31 heavy (non-hydrogen) atoms. The van der Waals surface area contributed by atoms with Gasteiger partial charge in [0.25, 0.3) is 5.91 Å². The summed E-state index contributed by atoms with van der Waals surface area (Å²) in [5.74, 6) is 0.209. The molecule has 1 amide bonds. The number of aromatic nitrogens is 2. The molecule has 1 aromatic heterocycles. The average Bonchev–Trinajstić information content (AvgIpc) is 2.80. The van der Waals surface area contributed by atoms with Gasteiger partial charge in [0.15, 0.2) is 0 Å². The molecule has 0 bridgehead atoms. The second kappa shape index (κ2) is 9.98. The molecule has 1 aliphatic carbocycles. The highest BCUT2D eigenvalue weighted by atomic mass is 19.1. The SMILES string of the molecule is O=C(NCCC1=CCCCC1)c1ccc(Nc2cc(-c3cccc(F)c3)ncn2)cc1. The van der Waals surface area contributed by atoms with Gasteiger partial charge in [0, 0.05) is 29.4 Å². The van der Waals surface area contributed by atoms with Gasteiger partial charge in [-0.05, 0) is 68.5 Å². The Kier molecular flexibility index (Phi) is 6.67. The monoisotopic (exact) mass is 416 g/mol. The third-order valence-corrected chi connectivity index (χ3v) is 5.32. The van der Waals surface area contributed by atoms with Crippen molar-refractivity contribution < 1.29 is 9.18 Å². The highest BCUT2D eigenvalue weighted by Crippen LogP contribution is 2.22. The molecular weight excluding hydrogens is 391 g/mol. The number of nitrogens with one attached hydrogen (secondary N) is 2. The quantitative estimate of drug-likeness (QED) is 0.489. The number of hydrogen-bond donors (Lipinski definition) is 2. The summed E-state index contributed by atoms with van der Waals surface area (Å²) >= 11 is 0. The molecule has 158 valence electrons. The van der Waals surface area contributed by atoms with E-state index in [0.29, 0.717) is 29.2 Å². The standard InChI is InChI=1S/C25H25FN4O/c26-21-8-4-7-20(15-21)23-16-24(29-17-28-23)30-22-11-9-19(10-12-22)25(31)27-14-13-18-5-2-1-3-6-18/h4-5,7-12,15-17H,1-3,6,13-14H2,(H,27,31)(H,28,29,30). The average molecular weight is 417 g/mol. The van der Waals surface area contributed by atoms with Crippen LogP contribution in [0.3, 0.4) is 0 Å². The van der Waals surface area contributed by atoms with E-state index in [4.69, 9.17) is 0 Å². The maximum Gasteiger partial charge on any atom is 0.251 e. The van der Waals surface area contributed by atoms with Crippen molar-refractivity contribution in [1.82, 2.24) is 15.3 Å². The maximum absolute atomic E-state index is 13.5. The number of halogens is 1. The number of hydrogen-bond acceptors (Lipinski definition) is 4. The van der Waals surface area contributed by atoms with Crippen LogP contribution in [-0.4, -0.2) is 22.4 Å². The van der Waals surface area contributed by atoms with Gasteiger partial charge in [0.2, 0.25) is 0 Å². The first-order valence-electron chi connectivity index (χ1n) is 10.6. The Hall–Kier alpha value is -3.54. The number of rotatable bonds is 7. The van der Waals surface area contributed by atoms with Crippen molar-refractivity contribution in [3.63, 3.8) is 0 Å². The fourth-order valence-corrected chi connectivity index (χ4v) is 3.65. The molecule has 0 saturated heterocycles. The van der Waals surface area contributed by atoms with Crippen LogP contribution in [0.15, 0.2) is 72.6 Å². The van der Waals surface area contributed by atoms with E-state index >= 15 is 0 Å². The Morgan fingerprint density at radius 2 is 1.90 bits per heavy atom. The molecular formula is C25H25FN4O. The number of anilines is 2. The number of nitrogens with zero attached hydrogens (tertiary/aromatic N) is 2. The number of allylic oxidation sites excluding steroid dienone is 1. The zero-order valence-corrected chi connectivity index (χ0v) is 17.3. The normalized spacial score (nSPS) is 13.4. The Balaban J connectivity index is 1.34. The van der Waals surface area contributed by atoms with Crippen molar-refractivity contribution in [1.29, 1.82) is 0 Å². The summed E-state index contributed by atoms with van der Waals surface area (Å²) in [6.45, 7) is 0.661. The zero-order valence-electron chi connectivity index (χ0n) is 17.3. The lowest BCUT2D eigenvalue weighted by molar-refractivity contribution is 0.0954. The molecule has 0 spiro atoms. The van der Waals surface area contributed by atoms with Crippen molar-refractivity contribution in [2.75, 3.05) is 11.9 Å². The van der Waals surface area contributed by atoms with E-state index in [0.717, 1.165) is 24.9 Å². The second-order valence-electron chi connectivity index (χ2n) is 7.62. The molecule has 0 aliphatic heterocycles. The van der Waals surface area contributed by atoms with Crippen LogP contribution in [-0.2, 0) is 0 Å². The third kappa shape index (κ3) is 5.75. The van der Waals surface area contributed by atoms with Crippen LogP contribution in [0.25, 0.3) is 11.3 Å². The second-order valence-corrected chi connectivity index (χ2v) is 7.62. The van der Waals surface area contributed by atoms with Crippen molar-refractivity contribution in [2.45, 2.75) is 32.1 Å². The number of amides is 1. The summed E-state index contributed by atoms with van der Waals surface area (Å²) in [6, 6.07) is 15.3. The van der Waals surface area contributed by atoms with Gasteiger partial charge in [-0.25, -0.2) is 14.4 Å². The van der Waals surface area contributed by atoms with Gasteiger partial charge in [-0.15, -0.1) is 0 Å². The molecule has 1 aliphatic rings. The molecule has 5 nitrogen and oxygen atoms in total. The Morgan fingerprint density at radius 1 is 1.03 bits per heavy atom. The van der Waals surface area contributed by atoms with Gasteiger partial charge in [-0.1, -0.05) is 23.8 Å². The number of carbonyl (C=O) groups is 1. The summed E-state index contributed by atoms with van der Waals surface area (Å²) in [6.07, 6.45) is 9.51. The molecule has 2 N–H and O–H groups in total. The van der Waals surface area contributed by atoms with Gasteiger partial charge < -0.3 is 10.6 Å². The lowest BCUT2D eigenvalue weighted by Crippen LogP contribution is -2.24. The Morgan fingerprint density at radius 3 is 2.68 bits per heavy atom. The molecule has 6 heteroatoms. The van der Waals surface area contributed by atoms with Crippen LogP contribution in [0.2, 0.25) is 0 Å². The minimum Gasteiger partial charge on any atom is -0.352 e. The van der Waals surface area contributed by atoms with Crippen molar-refractivity contribution in [3.05, 3.63) is 84.0 Å². The van der Waals surface area contributed by atoms with Crippen molar-refractivity contribution >= 4 is 17.4 Å². The largest absolute Gasteiger partial charge is 0.352 e. The maximum atomic E-state index is 13.5. The topological polar surface area (TPSA) is 66.9 Å². The van der Waals surface area contributed by atoms with Gasteiger partial charge >= 0.3 is 0 Å². The molecule has 0 fully saturated rings. The summed E-state index contributed by atoms with van der Waals surface area (Å²) in [5.41, 5.74) is 4.18. The molecule has 0 atom stereocenters. The van der Waals surface area contributed by atoms with Crippen LogP contribution in [0, 0.1) is 5.82 Å². The van der Waals surface area contributed by atoms with E-state index < -0.39 is 0 Å². The van der Waals surface area contributed by atoms with Crippen molar-refractivity contribution in [3.8, 4) is 11.3 Å². The van der Waals surface area contributed by atoms with E-state index in [9.17, 15) is 9.18 Å². The molecule has 1 heterocycles. The minimum atomic E-state index is -0.310. The van der Waals surface area contributed by atoms with Gasteiger partial charge in [0.05, 0.1) is 5.69 Å². The Bertz CT molecular complexity index is 1080. The van der Waals surface area contributed by atoms with E-state index in [-0.39, 0.29) is 11.7 Å². The lowest BCUT2D eigenvalue weighted by atomic mass is 9.97. The molecule has 0 unspecified atom stereocenters. The van der Waals surface area contributed by atoms with Crippen molar-refractivity contribution in [2.24, 2.45) is 0 Å². The summed E-state index contributed by atoms with van der Waals surface area (Å²) in [5, 5.41) is 6.19. The molecule has 0 radical (unpaired) electrons. The highest BCUT2D eigenvalue weighted by Gasteiger charge is 2.08. The smallest absolute Gasteiger partial charge is 0.251 e. The zero-order chi connectivity index (χ0) is 21.5. The van der Waals surface area contributed by atoms with Crippen LogP contribution >= 0.6 is 0 Å². The summed E-state index contributed by atoms with van der Waals surface area (Å²) in [4.78, 5) is 20.8. The molecule has 0 saturated carbocycles. The Labute approximate surface area is 181 Å². The van der Waals surface area contributed by atoms with Gasteiger partial charge in [0.1, 0.15) is 18.0 Å². The van der Waals surface area contributed by atoms with Crippen LogP contribution in [0.4, 0.5) is 15.9 Å². The highest BCUT2D eigenvalue weighted by molar-refractivity contribution is 5.94. The van der Waals surface area contributed by atoms with Crippen LogP contribution < -0.4 is 10.6 Å². The van der Waals surface area contributed by atoms with E-state index in [2.05, 4.69) is 26.7 Å². The predicted molar refractivity (Wildman–Crippen MR) is 121 cm³/mol. The van der Waals surface area contributed by atoms with Crippen LogP contribution in [0.1, 0.15) is 42.5 Å². The fourth-order valence-electron chi connectivity index (χ4n) is 3.65. The first kappa shape index (κ1) is 20.7. The van der Waals surface area contributed by atoms with Gasteiger partial charge in [-0.2, -0.15) is 0 Å². The van der Waals surface area contributed by atoms with E-state index in [1.165, 1.54) is 36.9 Å². The molecule has 4 rings (SSSR count). The predicted octanol–water partition coefficient (Wildman–Crippen LogP) is 5.65. The molecule has 3 aromatic rings. The first-order valence-corrected chi connectivity index (χ1v) is 10.6. The van der Waals surface area contributed by atoms with Gasteiger partial charge in [-0.3, -0.25) is 4.79 Å². The minimum absolute atomic E-state index is 0.0709. The van der Waals surface area contributed by atoms with E-state index in [1.807, 2.05) is 12.1 Å². The summed E-state index contributed by atoms with van der Waals surface area (Å²) in [7, 11) is 0. The van der Waals surface area contributed by atoms with E-state index in [1.54, 1.807) is 30.3 Å².